The van der Waals surface area contributed by atoms with Crippen LogP contribution in [0.1, 0.15) is 39.2 Å². The van der Waals surface area contributed by atoms with Crippen LogP contribution in [-0.2, 0) is 4.79 Å². The van der Waals surface area contributed by atoms with Crippen LogP contribution in [-0.4, -0.2) is 29.9 Å². The molecule has 24 heavy (non-hydrogen) atoms. The van der Waals surface area contributed by atoms with Crippen molar-refractivity contribution in [2.24, 2.45) is 16.4 Å². The monoisotopic (exact) mass is 356 g/mol. The zero-order chi connectivity index (χ0) is 17.9. The van der Waals surface area contributed by atoms with E-state index in [1.807, 2.05) is 20.8 Å². The largest absolute Gasteiger partial charge is 0.488 e. The van der Waals surface area contributed by atoms with Gasteiger partial charge in [-0.2, -0.15) is 5.10 Å². The molecule has 1 aliphatic rings. The second kappa shape index (κ2) is 7.49. The van der Waals surface area contributed by atoms with Gasteiger partial charge in [-0.1, -0.05) is 32.4 Å². The number of hydrogen-bond acceptors (Lipinski definition) is 4. The summed E-state index contributed by atoms with van der Waals surface area (Å²) in [5, 5.41) is 13.2. The quantitative estimate of drug-likeness (QED) is 0.822. The summed E-state index contributed by atoms with van der Waals surface area (Å²) in [6.45, 7) is 5.96. The molecule has 0 aromatic heterocycles. The molecule has 0 saturated heterocycles. The van der Waals surface area contributed by atoms with Crippen LogP contribution in [0.5, 0.6) is 5.75 Å². The zero-order valence-corrected chi connectivity index (χ0v) is 14.8. The number of hydrogen-bond donors (Lipinski definition) is 2. The number of nitrogens with one attached hydrogen (secondary N) is 1. The first-order valence-corrected chi connectivity index (χ1v) is 8.21. The lowest BCUT2D eigenvalue weighted by Gasteiger charge is -2.24. The number of halogens is 2. The van der Waals surface area contributed by atoms with Crippen molar-refractivity contribution in [1.29, 1.82) is 0 Å². The number of aliphatic hydroxyl groups excluding tert-OH is 1. The van der Waals surface area contributed by atoms with Gasteiger partial charge in [0.2, 0.25) is 5.91 Å². The molecule has 1 aliphatic heterocycles. The Hall–Kier alpha value is -1.66. The summed E-state index contributed by atoms with van der Waals surface area (Å²) in [7, 11) is 0. The van der Waals surface area contributed by atoms with E-state index in [4.69, 9.17) is 21.4 Å². The molecule has 0 fully saturated rings. The van der Waals surface area contributed by atoms with Crippen LogP contribution in [0.25, 0.3) is 0 Å². The lowest BCUT2D eigenvalue weighted by Crippen LogP contribution is -2.32. The standard InChI is InChI=1S/C17H22ClFN2O3/c1-10-6-14(23)20-21-15(10)11-7-12(18)16(13(19)8-11)24-9-17(2,3)4-5-22/h7-8,10,22H,4-6,9H2,1-3H3,(H,20,23). The molecule has 2 rings (SSSR count). The third-order valence-corrected chi connectivity index (χ3v) is 4.23. The number of benzene rings is 1. The SMILES string of the molecule is CC1CC(=O)NN=C1c1cc(F)c(OCC(C)(C)CCO)c(Cl)c1. The fraction of sp³-hybridized carbons (Fsp3) is 0.529. The van der Waals surface area contributed by atoms with Gasteiger partial charge in [0.05, 0.1) is 17.3 Å². The number of amides is 1. The fourth-order valence-corrected chi connectivity index (χ4v) is 2.75. The second-order valence-electron chi connectivity index (χ2n) is 6.83. The smallest absolute Gasteiger partial charge is 0.240 e. The average Bonchev–Trinajstić information content (AvgIpc) is 2.45. The number of rotatable bonds is 6. The summed E-state index contributed by atoms with van der Waals surface area (Å²) in [5.41, 5.74) is 3.21. The van der Waals surface area contributed by atoms with Gasteiger partial charge < -0.3 is 9.84 Å². The summed E-state index contributed by atoms with van der Waals surface area (Å²) in [6, 6.07) is 2.90. The molecular formula is C17H22ClFN2O3. The summed E-state index contributed by atoms with van der Waals surface area (Å²) in [4.78, 5) is 11.3. The zero-order valence-electron chi connectivity index (χ0n) is 14.0. The van der Waals surface area contributed by atoms with E-state index in [0.29, 0.717) is 24.1 Å². The van der Waals surface area contributed by atoms with E-state index in [1.165, 1.54) is 6.07 Å². The van der Waals surface area contributed by atoms with Gasteiger partial charge in [0, 0.05) is 29.9 Å². The predicted molar refractivity (Wildman–Crippen MR) is 90.8 cm³/mol. The Bertz CT molecular complexity index is 638. The van der Waals surface area contributed by atoms with Crippen LogP contribution in [0.2, 0.25) is 5.02 Å². The Morgan fingerprint density at radius 3 is 2.79 bits per heavy atom. The van der Waals surface area contributed by atoms with Gasteiger partial charge in [-0.15, -0.1) is 0 Å². The fourth-order valence-electron chi connectivity index (χ4n) is 2.49. The Labute approximate surface area is 145 Å². The topological polar surface area (TPSA) is 70.9 Å². The molecule has 7 heteroatoms. The number of aliphatic hydroxyl groups is 1. The highest BCUT2D eigenvalue weighted by molar-refractivity contribution is 6.32. The lowest BCUT2D eigenvalue weighted by atomic mass is 9.91. The number of ether oxygens (including phenoxy) is 1. The van der Waals surface area contributed by atoms with Crippen molar-refractivity contribution in [2.75, 3.05) is 13.2 Å². The number of carbonyl (C=O) groups excluding carboxylic acids is 1. The van der Waals surface area contributed by atoms with E-state index in [2.05, 4.69) is 10.5 Å². The third-order valence-electron chi connectivity index (χ3n) is 3.95. The van der Waals surface area contributed by atoms with Crippen molar-refractivity contribution in [1.82, 2.24) is 5.43 Å². The van der Waals surface area contributed by atoms with Gasteiger partial charge in [0.25, 0.3) is 0 Å². The van der Waals surface area contributed by atoms with Crippen LogP contribution in [0.4, 0.5) is 4.39 Å². The van der Waals surface area contributed by atoms with Gasteiger partial charge in [0.15, 0.2) is 11.6 Å². The highest BCUT2D eigenvalue weighted by Gasteiger charge is 2.25. The maximum absolute atomic E-state index is 14.4. The summed E-state index contributed by atoms with van der Waals surface area (Å²) in [6.07, 6.45) is 0.837. The van der Waals surface area contributed by atoms with Gasteiger partial charge in [-0.3, -0.25) is 4.79 Å². The van der Waals surface area contributed by atoms with Crippen molar-refractivity contribution in [3.05, 3.63) is 28.5 Å². The molecule has 1 aromatic rings. The molecule has 0 saturated carbocycles. The van der Waals surface area contributed by atoms with Crippen molar-refractivity contribution in [3.8, 4) is 5.75 Å². The minimum absolute atomic E-state index is 0.0143. The molecule has 0 radical (unpaired) electrons. The summed E-state index contributed by atoms with van der Waals surface area (Å²) in [5.74, 6) is -0.878. The Morgan fingerprint density at radius 2 is 2.21 bits per heavy atom. The lowest BCUT2D eigenvalue weighted by molar-refractivity contribution is -0.121. The number of carbonyl (C=O) groups is 1. The van der Waals surface area contributed by atoms with Crippen molar-refractivity contribution >= 4 is 23.2 Å². The van der Waals surface area contributed by atoms with E-state index in [1.54, 1.807) is 6.07 Å². The van der Waals surface area contributed by atoms with Crippen molar-refractivity contribution in [2.45, 2.75) is 33.6 Å². The van der Waals surface area contributed by atoms with Crippen molar-refractivity contribution in [3.63, 3.8) is 0 Å². The summed E-state index contributed by atoms with van der Waals surface area (Å²) < 4.78 is 20.0. The highest BCUT2D eigenvalue weighted by atomic mass is 35.5. The first kappa shape index (κ1) is 18.7. The first-order valence-electron chi connectivity index (χ1n) is 7.83. The number of hydrazone groups is 1. The van der Waals surface area contributed by atoms with Crippen LogP contribution in [0.15, 0.2) is 17.2 Å². The number of nitrogens with zero attached hydrogens (tertiary/aromatic N) is 1. The van der Waals surface area contributed by atoms with E-state index in [0.717, 1.165) is 0 Å². The van der Waals surface area contributed by atoms with Crippen LogP contribution in [0.3, 0.4) is 0 Å². The molecule has 132 valence electrons. The van der Waals surface area contributed by atoms with E-state index >= 15 is 0 Å². The molecule has 1 unspecified atom stereocenters. The minimum atomic E-state index is -0.580. The van der Waals surface area contributed by atoms with Gasteiger partial charge in [0.1, 0.15) is 0 Å². The van der Waals surface area contributed by atoms with Crippen LogP contribution >= 0.6 is 11.6 Å². The first-order chi connectivity index (χ1) is 11.2. The molecule has 1 amide bonds. The highest BCUT2D eigenvalue weighted by Crippen LogP contribution is 2.33. The van der Waals surface area contributed by atoms with Crippen molar-refractivity contribution < 1.29 is 19.0 Å². The predicted octanol–water partition coefficient (Wildman–Crippen LogP) is 3.13. The average molecular weight is 357 g/mol. The van der Waals surface area contributed by atoms with Gasteiger partial charge in [-0.05, 0) is 18.6 Å². The van der Waals surface area contributed by atoms with Gasteiger partial charge >= 0.3 is 0 Å². The Balaban J connectivity index is 2.21. The van der Waals surface area contributed by atoms with Gasteiger partial charge in [-0.25, -0.2) is 9.82 Å². The molecule has 0 spiro atoms. The van der Waals surface area contributed by atoms with E-state index in [9.17, 15) is 9.18 Å². The second-order valence-corrected chi connectivity index (χ2v) is 7.24. The molecule has 2 N–H and O–H groups in total. The van der Waals surface area contributed by atoms with E-state index < -0.39 is 5.82 Å². The maximum Gasteiger partial charge on any atom is 0.240 e. The molecule has 0 bridgehead atoms. The minimum Gasteiger partial charge on any atom is -0.488 e. The Kier molecular flexibility index (Phi) is 5.83. The van der Waals surface area contributed by atoms with Crippen LogP contribution < -0.4 is 10.2 Å². The third kappa shape index (κ3) is 4.45. The van der Waals surface area contributed by atoms with E-state index in [-0.39, 0.29) is 41.2 Å². The maximum atomic E-state index is 14.4. The molecule has 1 aromatic carbocycles. The van der Waals surface area contributed by atoms with Crippen LogP contribution in [0, 0.1) is 17.2 Å². The normalized spacial score (nSPS) is 18.2. The molecular weight excluding hydrogens is 335 g/mol. The summed E-state index contributed by atoms with van der Waals surface area (Å²) >= 11 is 6.18. The Morgan fingerprint density at radius 1 is 1.50 bits per heavy atom. The molecule has 1 atom stereocenters. The molecule has 0 aliphatic carbocycles. The molecule has 1 heterocycles. The molecule has 5 nitrogen and oxygen atoms in total.